The minimum atomic E-state index is -1.00. The van der Waals surface area contributed by atoms with Crippen molar-refractivity contribution in [3.8, 4) is 0 Å². The Morgan fingerprint density at radius 2 is 1.82 bits per heavy atom. The molecule has 0 amide bonds. The van der Waals surface area contributed by atoms with E-state index in [2.05, 4.69) is 0 Å². The zero-order valence-electron chi connectivity index (χ0n) is 9.55. The van der Waals surface area contributed by atoms with Gasteiger partial charge in [-0.1, -0.05) is 12.1 Å². The molecule has 3 N–H and O–H groups in total. The van der Waals surface area contributed by atoms with Gasteiger partial charge >= 0.3 is 5.97 Å². The van der Waals surface area contributed by atoms with Crippen LogP contribution in [0, 0.1) is 0 Å². The molecule has 0 aromatic heterocycles. The lowest BCUT2D eigenvalue weighted by Gasteiger charge is -2.09. The van der Waals surface area contributed by atoms with Gasteiger partial charge < -0.3 is 10.8 Å². The molecule has 92 valence electrons. The largest absolute Gasteiger partial charge is 0.478 e. The summed E-state index contributed by atoms with van der Waals surface area (Å²) in [5.41, 5.74) is 6.38. The zero-order chi connectivity index (χ0) is 12.8. The van der Waals surface area contributed by atoms with Gasteiger partial charge in [-0.05, 0) is 30.6 Å². The normalized spacial score (nSPS) is 12.1. The molecule has 4 nitrogen and oxygen atoms in total. The van der Waals surface area contributed by atoms with Gasteiger partial charge in [0.15, 0.2) is 5.78 Å². The molecule has 0 aliphatic heterocycles. The summed E-state index contributed by atoms with van der Waals surface area (Å²) in [6, 6.07) is 5.32. The molecule has 0 aliphatic carbocycles. The molecular weight excluding hydrogens is 238 g/mol. The molecular formula is C12H15NO3S. The van der Waals surface area contributed by atoms with Gasteiger partial charge in [-0.3, -0.25) is 4.79 Å². The number of hydrogen-bond acceptors (Lipinski definition) is 4. The van der Waals surface area contributed by atoms with Crippen LogP contribution in [-0.2, 0) is 0 Å². The number of ketones is 1. The Balaban J connectivity index is 2.72. The van der Waals surface area contributed by atoms with Gasteiger partial charge in [0.1, 0.15) is 0 Å². The van der Waals surface area contributed by atoms with Crippen molar-refractivity contribution in [1.82, 2.24) is 0 Å². The first-order chi connectivity index (χ1) is 8.06. The second-order valence-electron chi connectivity index (χ2n) is 3.63. The number of aromatic carboxylic acids is 1. The summed E-state index contributed by atoms with van der Waals surface area (Å²) in [6.45, 7) is 0. The fraction of sp³-hybridized carbons (Fsp3) is 0.333. The van der Waals surface area contributed by atoms with Gasteiger partial charge in [-0.2, -0.15) is 11.8 Å². The number of carbonyl (C=O) groups excluding carboxylic acids is 1. The molecule has 1 rings (SSSR count). The third-order valence-electron chi connectivity index (χ3n) is 2.39. The first-order valence-electron chi connectivity index (χ1n) is 5.18. The van der Waals surface area contributed by atoms with E-state index in [1.807, 2.05) is 6.26 Å². The molecule has 0 aliphatic rings. The SMILES string of the molecule is CSCC[C@H](N)C(=O)c1ccc(C(=O)O)cc1. The van der Waals surface area contributed by atoms with Crippen LogP contribution in [0.1, 0.15) is 27.1 Å². The number of rotatable bonds is 6. The van der Waals surface area contributed by atoms with E-state index in [0.29, 0.717) is 12.0 Å². The van der Waals surface area contributed by atoms with Crippen LogP contribution in [0.25, 0.3) is 0 Å². The molecule has 0 heterocycles. The monoisotopic (exact) mass is 253 g/mol. The van der Waals surface area contributed by atoms with Crippen molar-refractivity contribution in [2.24, 2.45) is 5.73 Å². The number of carbonyl (C=O) groups is 2. The first-order valence-corrected chi connectivity index (χ1v) is 6.57. The summed E-state index contributed by atoms with van der Waals surface area (Å²) in [7, 11) is 0. The fourth-order valence-corrected chi connectivity index (χ4v) is 1.86. The highest BCUT2D eigenvalue weighted by Crippen LogP contribution is 2.09. The van der Waals surface area contributed by atoms with E-state index in [1.54, 1.807) is 11.8 Å². The van der Waals surface area contributed by atoms with Gasteiger partial charge in [0.05, 0.1) is 11.6 Å². The third-order valence-corrected chi connectivity index (χ3v) is 3.03. The summed E-state index contributed by atoms with van der Waals surface area (Å²) in [4.78, 5) is 22.5. The van der Waals surface area contributed by atoms with E-state index >= 15 is 0 Å². The van der Waals surface area contributed by atoms with Gasteiger partial charge in [0, 0.05) is 5.56 Å². The highest BCUT2D eigenvalue weighted by atomic mass is 32.2. The maximum absolute atomic E-state index is 11.8. The molecule has 1 aromatic carbocycles. The van der Waals surface area contributed by atoms with E-state index in [-0.39, 0.29) is 11.3 Å². The van der Waals surface area contributed by atoms with Crippen molar-refractivity contribution < 1.29 is 14.7 Å². The van der Waals surface area contributed by atoms with Crippen LogP contribution in [0.3, 0.4) is 0 Å². The van der Waals surface area contributed by atoms with Crippen molar-refractivity contribution >= 4 is 23.5 Å². The Bertz CT molecular complexity index is 403. The molecule has 0 radical (unpaired) electrons. The van der Waals surface area contributed by atoms with E-state index < -0.39 is 12.0 Å². The minimum Gasteiger partial charge on any atom is -0.478 e. The molecule has 0 fully saturated rings. The van der Waals surface area contributed by atoms with Gasteiger partial charge in [0.25, 0.3) is 0 Å². The predicted molar refractivity (Wildman–Crippen MR) is 68.7 cm³/mol. The predicted octanol–water partition coefficient (Wildman–Crippen LogP) is 1.65. The van der Waals surface area contributed by atoms with E-state index in [0.717, 1.165) is 5.75 Å². The average molecular weight is 253 g/mol. The standard InChI is InChI=1S/C12H15NO3S/c1-17-7-6-10(13)11(14)8-2-4-9(5-3-8)12(15)16/h2-5,10H,6-7,13H2,1H3,(H,15,16)/t10-/m0/s1. The van der Waals surface area contributed by atoms with Crippen molar-refractivity contribution in [3.63, 3.8) is 0 Å². The second-order valence-corrected chi connectivity index (χ2v) is 4.62. The molecule has 17 heavy (non-hydrogen) atoms. The van der Waals surface area contributed by atoms with Crippen LogP contribution in [0.4, 0.5) is 0 Å². The Hall–Kier alpha value is -1.33. The average Bonchev–Trinajstić information content (AvgIpc) is 2.35. The lowest BCUT2D eigenvalue weighted by Crippen LogP contribution is -2.31. The van der Waals surface area contributed by atoms with E-state index in [4.69, 9.17) is 10.8 Å². The molecule has 0 bridgehead atoms. The van der Waals surface area contributed by atoms with Crippen molar-refractivity contribution in [2.45, 2.75) is 12.5 Å². The maximum atomic E-state index is 11.8. The number of carboxylic acids is 1. The maximum Gasteiger partial charge on any atom is 0.335 e. The molecule has 5 heteroatoms. The molecule has 1 atom stereocenters. The van der Waals surface area contributed by atoms with Crippen molar-refractivity contribution in [3.05, 3.63) is 35.4 Å². The number of thioether (sulfide) groups is 1. The first kappa shape index (κ1) is 13.7. The molecule has 1 aromatic rings. The molecule has 0 saturated heterocycles. The number of Topliss-reactive ketones (excluding diaryl/α,β-unsaturated/α-hetero) is 1. The lowest BCUT2D eigenvalue weighted by atomic mass is 10.0. The Morgan fingerprint density at radius 1 is 1.29 bits per heavy atom. The summed E-state index contributed by atoms with van der Waals surface area (Å²) < 4.78 is 0. The Labute approximate surface area is 104 Å². The number of hydrogen-bond donors (Lipinski definition) is 2. The second kappa shape index (κ2) is 6.42. The topological polar surface area (TPSA) is 80.4 Å². The molecule has 0 unspecified atom stereocenters. The summed E-state index contributed by atoms with van der Waals surface area (Å²) in [6.07, 6.45) is 2.58. The zero-order valence-corrected chi connectivity index (χ0v) is 10.4. The number of carboxylic acid groups (broad SMARTS) is 1. The highest BCUT2D eigenvalue weighted by Gasteiger charge is 2.15. The molecule has 0 saturated carbocycles. The summed E-state index contributed by atoms with van der Waals surface area (Å²) in [5, 5.41) is 8.73. The minimum absolute atomic E-state index is 0.143. The Morgan fingerprint density at radius 3 is 2.29 bits per heavy atom. The van der Waals surface area contributed by atoms with Crippen molar-refractivity contribution in [2.75, 3.05) is 12.0 Å². The Kier molecular flexibility index (Phi) is 5.18. The van der Waals surface area contributed by atoms with Gasteiger partial charge in [-0.25, -0.2) is 4.79 Å². The van der Waals surface area contributed by atoms with Gasteiger partial charge in [0.2, 0.25) is 0 Å². The summed E-state index contributed by atoms with van der Waals surface area (Å²) in [5.74, 6) is -0.313. The molecule has 0 spiro atoms. The number of nitrogens with two attached hydrogens (primary N) is 1. The van der Waals surface area contributed by atoms with Crippen LogP contribution in [-0.4, -0.2) is 34.9 Å². The van der Waals surface area contributed by atoms with E-state index in [1.165, 1.54) is 24.3 Å². The van der Waals surface area contributed by atoms with Crippen LogP contribution in [0.2, 0.25) is 0 Å². The van der Waals surface area contributed by atoms with Crippen molar-refractivity contribution in [1.29, 1.82) is 0 Å². The summed E-state index contributed by atoms with van der Waals surface area (Å²) >= 11 is 1.64. The van der Waals surface area contributed by atoms with Crippen LogP contribution in [0.15, 0.2) is 24.3 Å². The quantitative estimate of drug-likeness (QED) is 0.753. The fourth-order valence-electron chi connectivity index (χ4n) is 1.37. The highest BCUT2D eigenvalue weighted by molar-refractivity contribution is 7.98. The third kappa shape index (κ3) is 3.87. The van der Waals surface area contributed by atoms with Crippen LogP contribution in [0.5, 0.6) is 0 Å². The smallest absolute Gasteiger partial charge is 0.335 e. The van der Waals surface area contributed by atoms with Crippen LogP contribution < -0.4 is 5.73 Å². The van der Waals surface area contributed by atoms with Crippen LogP contribution >= 0.6 is 11.8 Å². The van der Waals surface area contributed by atoms with E-state index in [9.17, 15) is 9.59 Å². The lowest BCUT2D eigenvalue weighted by molar-refractivity contribution is 0.0696. The van der Waals surface area contributed by atoms with Gasteiger partial charge in [-0.15, -0.1) is 0 Å². The number of benzene rings is 1.